The standard InChI is InChI=1S/C19H26N6OS.HI/c1-4-20-18(21-11-15-13-27-19(23-15)24(2)3)22-14-10-17(26)25(12-14)16-8-6-5-7-9-16;/h5-9,13-14H,4,10-12H2,1-3H3,(H2,20,21,22);1H. The van der Waals surface area contributed by atoms with Crippen LogP contribution < -0.4 is 20.4 Å². The number of hydrogen-bond acceptors (Lipinski definition) is 5. The second-order valence-corrected chi connectivity index (χ2v) is 7.43. The number of rotatable bonds is 6. The summed E-state index contributed by atoms with van der Waals surface area (Å²) >= 11 is 1.61. The van der Waals surface area contributed by atoms with E-state index in [9.17, 15) is 4.79 Å². The van der Waals surface area contributed by atoms with E-state index in [4.69, 9.17) is 0 Å². The molecule has 152 valence electrons. The molecule has 2 N–H and O–H groups in total. The van der Waals surface area contributed by atoms with Crippen molar-refractivity contribution in [1.82, 2.24) is 15.6 Å². The number of nitrogens with one attached hydrogen (secondary N) is 2. The van der Waals surface area contributed by atoms with Gasteiger partial charge in [-0.1, -0.05) is 18.2 Å². The predicted molar refractivity (Wildman–Crippen MR) is 127 cm³/mol. The fourth-order valence-electron chi connectivity index (χ4n) is 2.91. The van der Waals surface area contributed by atoms with E-state index in [2.05, 4.69) is 20.6 Å². The molecule has 0 radical (unpaired) electrons. The third-order valence-electron chi connectivity index (χ3n) is 4.20. The van der Waals surface area contributed by atoms with E-state index >= 15 is 0 Å². The van der Waals surface area contributed by atoms with Gasteiger partial charge in [0, 0.05) is 44.7 Å². The lowest BCUT2D eigenvalue weighted by Gasteiger charge is -2.18. The highest BCUT2D eigenvalue weighted by molar-refractivity contribution is 14.0. The van der Waals surface area contributed by atoms with Gasteiger partial charge in [-0.05, 0) is 19.1 Å². The zero-order chi connectivity index (χ0) is 19.2. The summed E-state index contributed by atoms with van der Waals surface area (Å²) in [6.07, 6.45) is 0.459. The number of thiazole rings is 1. The van der Waals surface area contributed by atoms with Crippen LogP contribution in [0.2, 0.25) is 0 Å². The predicted octanol–water partition coefficient (Wildman–Crippen LogP) is 2.69. The number of amides is 1. The number of guanidine groups is 1. The summed E-state index contributed by atoms with van der Waals surface area (Å²) in [6.45, 7) is 3.92. The molecule has 1 aromatic heterocycles. The highest BCUT2D eigenvalue weighted by atomic mass is 127. The minimum Gasteiger partial charge on any atom is -0.357 e. The van der Waals surface area contributed by atoms with Gasteiger partial charge in [0.05, 0.1) is 18.3 Å². The topological polar surface area (TPSA) is 72.9 Å². The van der Waals surface area contributed by atoms with Gasteiger partial charge in [-0.25, -0.2) is 9.98 Å². The van der Waals surface area contributed by atoms with Gasteiger partial charge in [-0.15, -0.1) is 35.3 Å². The quantitative estimate of drug-likeness (QED) is 0.353. The van der Waals surface area contributed by atoms with Gasteiger partial charge in [0.15, 0.2) is 11.1 Å². The zero-order valence-corrected chi connectivity index (χ0v) is 19.5. The van der Waals surface area contributed by atoms with E-state index in [0.29, 0.717) is 25.5 Å². The summed E-state index contributed by atoms with van der Waals surface area (Å²) in [6, 6.07) is 9.81. The van der Waals surface area contributed by atoms with Gasteiger partial charge in [-0.2, -0.15) is 0 Å². The van der Waals surface area contributed by atoms with Gasteiger partial charge in [0.1, 0.15) is 0 Å². The van der Waals surface area contributed by atoms with Crippen molar-refractivity contribution in [2.75, 3.05) is 37.0 Å². The number of aliphatic imine (C=N–C) groups is 1. The maximum absolute atomic E-state index is 12.4. The molecule has 1 aromatic carbocycles. The first-order chi connectivity index (χ1) is 13.1. The Balaban J connectivity index is 0.00000280. The van der Waals surface area contributed by atoms with Crippen LogP contribution >= 0.6 is 35.3 Å². The van der Waals surface area contributed by atoms with Crippen LogP contribution in [0.1, 0.15) is 19.0 Å². The molecule has 1 amide bonds. The van der Waals surface area contributed by atoms with Crippen molar-refractivity contribution in [2.24, 2.45) is 4.99 Å². The van der Waals surface area contributed by atoms with Crippen molar-refractivity contribution in [3.63, 3.8) is 0 Å². The molecule has 2 heterocycles. The molecule has 3 rings (SSSR count). The smallest absolute Gasteiger partial charge is 0.229 e. The minimum absolute atomic E-state index is 0. The zero-order valence-electron chi connectivity index (χ0n) is 16.4. The number of carbonyl (C=O) groups is 1. The molecule has 2 aromatic rings. The van der Waals surface area contributed by atoms with Gasteiger partial charge in [-0.3, -0.25) is 4.79 Å². The second-order valence-electron chi connectivity index (χ2n) is 6.60. The van der Waals surface area contributed by atoms with Gasteiger partial charge in [0.2, 0.25) is 5.91 Å². The molecule has 1 aliphatic rings. The van der Waals surface area contributed by atoms with Crippen LogP contribution in [-0.2, 0) is 11.3 Å². The van der Waals surface area contributed by atoms with Crippen molar-refractivity contribution in [3.05, 3.63) is 41.4 Å². The molecule has 28 heavy (non-hydrogen) atoms. The SMILES string of the molecule is CCNC(=NCc1csc(N(C)C)n1)NC1CC(=O)N(c2ccccc2)C1.I. The third-order valence-corrected chi connectivity index (χ3v) is 5.26. The van der Waals surface area contributed by atoms with Crippen LogP contribution in [0, 0.1) is 0 Å². The van der Waals surface area contributed by atoms with Gasteiger partial charge in [0.25, 0.3) is 0 Å². The number of para-hydroxylation sites is 1. The first-order valence-corrected chi connectivity index (χ1v) is 9.96. The fraction of sp³-hybridized carbons (Fsp3) is 0.421. The molecular weight excluding hydrogens is 487 g/mol. The largest absolute Gasteiger partial charge is 0.357 e. The van der Waals surface area contributed by atoms with Crippen molar-refractivity contribution in [2.45, 2.75) is 25.9 Å². The maximum Gasteiger partial charge on any atom is 0.229 e. The number of aromatic nitrogens is 1. The Morgan fingerprint density at radius 2 is 2.11 bits per heavy atom. The number of halogens is 1. The van der Waals surface area contributed by atoms with Crippen molar-refractivity contribution >= 4 is 58.0 Å². The molecule has 9 heteroatoms. The lowest BCUT2D eigenvalue weighted by Crippen LogP contribution is -2.44. The monoisotopic (exact) mass is 514 g/mol. The first-order valence-electron chi connectivity index (χ1n) is 9.08. The van der Waals surface area contributed by atoms with Crippen LogP contribution in [0.5, 0.6) is 0 Å². The maximum atomic E-state index is 12.4. The molecular formula is C19H27IN6OS. The fourth-order valence-corrected chi connectivity index (χ4v) is 3.66. The molecule has 1 saturated heterocycles. The molecule has 1 atom stereocenters. The number of hydrogen-bond donors (Lipinski definition) is 2. The Hall–Kier alpha value is -1.88. The van der Waals surface area contributed by atoms with Crippen LogP contribution in [0.3, 0.4) is 0 Å². The Morgan fingerprint density at radius 1 is 1.36 bits per heavy atom. The van der Waals surface area contributed by atoms with E-state index in [1.165, 1.54) is 0 Å². The highest BCUT2D eigenvalue weighted by Gasteiger charge is 2.31. The van der Waals surface area contributed by atoms with Gasteiger partial charge < -0.3 is 20.4 Å². The van der Waals surface area contributed by atoms with E-state index in [1.807, 2.05) is 66.5 Å². The summed E-state index contributed by atoms with van der Waals surface area (Å²) in [5.41, 5.74) is 1.88. The number of nitrogens with zero attached hydrogens (tertiary/aromatic N) is 4. The van der Waals surface area contributed by atoms with E-state index in [1.54, 1.807) is 11.3 Å². The van der Waals surface area contributed by atoms with Crippen LogP contribution in [0.25, 0.3) is 0 Å². The molecule has 0 aliphatic carbocycles. The van der Waals surface area contributed by atoms with E-state index in [0.717, 1.165) is 23.1 Å². The lowest BCUT2D eigenvalue weighted by molar-refractivity contribution is -0.117. The average Bonchev–Trinajstić information content (AvgIpc) is 3.27. The van der Waals surface area contributed by atoms with Gasteiger partial charge >= 0.3 is 0 Å². The summed E-state index contributed by atoms with van der Waals surface area (Å²) in [5.74, 6) is 0.842. The Bertz CT molecular complexity index is 795. The third kappa shape index (κ3) is 5.81. The normalized spacial score (nSPS) is 16.7. The first kappa shape index (κ1) is 22.4. The second kappa shape index (κ2) is 10.6. The Kier molecular flexibility index (Phi) is 8.49. The molecule has 1 unspecified atom stereocenters. The van der Waals surface area contributed by atoms with Crippen molar-refractivity contribution in [3.8, 4) is 0 Å². The number of benzene rings is 1. The van der Waals surface area contributed by atoms with Crippen LogP contribution in [0.4, 0.5) is 10.8 Å². The van der Waals surface area contributed by atoms with Crippen LogP contribution in [-0.4, -0.2) is 50.1 Å². The van der Waals surface area contributed by atoms with Crippen LogP contribution in [0.15, 0.2) is 40.7 Å². The molecule has 7 nitrogen and oxygen atoms in total. The summed E-state index contributed by atoms with van der Waals surface area (Å²) in [7, 11) is 3.96. The van der Waals surface area contributed by atoms with E-state index in [-0.39, 0.29) is 35.9 Å². The Morgan fingerprint density at radius 3 is 2.75 bits per heavy atom. The molecule has 0 bridgehead atoms. The lowest BCUT2D eigenvalue weighted by atomic mass is 10.2. The molecule has 1 aliphatic heterocycles. The average molecular weight is 514 g/mol. The Labute approximate surface area is 187 Å². The molecule has 1 fully saturated rings. The molecule has 0 spiro atoms. The van der Waals surface area contributed by atoms with E-state index < -0.39 is 0 Å². The number of anilines is 2. The van der Waals surface area contributed by atoms with Crippen molar-refractivity contribution in [1.29, 1.82) is 0 Å². The highest BCUT2D eigenvalue weighted by Crippen LogP contribution is 2.21. The molecule has 0 saturated carbocycles. The number of carbonyl (C=O) groups excluding carboxylic acids is 1. The summed E-state index contributed by atoms with van der Waals surface area (Å²) in [4.78, 5) is 25.4. The summed E-state index contributed by atoms with van der Waals surface area (Å²) in [5, 5.41) is 9.64. The minimum atomic E-state index is 0. The summed E-state index contributed by atoms with van der Waals surface area (Å²) < 4.78 is 0. The van der Waals surface area contributed by atoms with Crippen molar-refractivity contribution < 1.29 is 4.79 Å².